The van der Waals surface area contributed by atoms with Gasteiger partial charge in [-0.1, -0.05) is 30.3 Å². The number of amides is 1. The summed E-state index contributed by atoms with van der Waals surface area (Å²) in [5.74, 6) is 2.00. The van der Waals surface area contributed by atoms with Gasteiger partial charge in [-0.05, 0) is 76.1 Å². The molecule has 0 spiro atoms. The van der Waals surface area contributed by atoms with Gasteiger partial charge in [0.2, 0.25) is 5.91 Å². The molecule has 0 bridgehead atoms. The van der Waals surface area contributed by atoms with Crippen LogP contribution >= 0.6 is 0 Å². The largest absolute Gasteiger partial charge is 0.340 e. The first-order valence-corrected chi connectivity index (χ1v) is 13.2. The van der Waals surface area contributed by atoms with E-state index in [0.29, 0.717) is 11.9 Å². The first kappa shape index (κ1) is 22.4. The van der Waals surface area contributed by atoms with Crippen molar-refractivity contribution in [3.63, 3.8) is 0 Å². The highest BCUT2D eigenvalue weighted by atomic mass is 16.2. The molecular weight excluding hydrogens is 396 g/mol. The second-order valence-corrected chi connectivity index (χ2v) is 10.8. The molecule has 32 heavy (non-hydrogen) atoms. The van der Waals surface area contributed by atoms with Gasteiger partial charge in [0.15, 0.2) is 0 Å². The molecule has 5 heteroatoms. The van der Waals surface area contributed by atoms with Crippen molar-refractivity contribution in [3.05, 3.63) is 35.9 Å². The lowest BCUT2D eigenvalue weighted by atomic mass is 9.69. The van der Waals surface area contributed by atoms with E-state index < -0.39 is 0 Å². The summed E-state index contributed by atoms with van der Waals surface area (Å²) in [7, 11) is 2.15. The van der Waals surface area contributed by atoms with Crippen LogP contribution in [0.5, 0.6) is 0 Å². The number of rotatable bonds is 6. The smallest absolute Gasteiger partial charge is 0.222 e. The maximum atomic E-state index is 12.8. The van der Waals surface area contributed by atoms with Crippen molar-refractivity contribution in [2.75, 3.05) is 52.9 Å². The zero-order valence-corrected chi connectivity index (χ0v) is 20.0. The van der Waals surface area contributed by atoms with Gasteiger partial charge in [0, 0.05) is 57.8 Å². The highest BCUT2D eigenvalue weighted by Crippen LogP contribution is 2.43. The minimum absolute atomic E-state index is 0.379. The Morgan fingerprint density at radius 3 is 2.50 bits per heavy atom. The zero-order valence-electron chi connectivity index (χ0n) is 20.0. The molecule has 4 aliphatic rings. The molecule has 4 saturated heterocycles. The lowest BCUT2D eigenvalue weighted by Crippen LogP contribution is -2.64. The number of carbonyl (C=O) groups is 1. The van der Waals surface area contributed by atoms with Crippen LogP contribution in [-0.2, 0) is 11.3 Å². The molecule has 0 radical (unpaired) electrons. The predicted molar refractivity (Wildman–Crippen MR) is 129 cm³/mol. The van der Waals surface area contributed by atoms with Crippen LogP contribution in [0.3, 0.4) is 0 Å². The lowest BCUT2D eigenvalue weighted by Gasteiger charge is -2.57. The van der Waals surface area contributed by atoms with Crippen LogP contribution in [-0.4, -0.2) is 90.5 Å². The average molecular weight is 439 g/mol. The molecule has 4 heterocycles. The molecule has 1 amide bonds. The Balaban J connectivity index is 1.26. The Morgan fingerprint density at radius 2 is 1.72 bits per heavy atom. The molecule has 1 aromatic rings. The lowest BCUT2D eigenvalue weighted by molar-refractivity contribution is -0.133. The van der Waals surface area contributed by atoms with E-state index in [4.69, 9.17) is 0 Å². The molecule has 4 fully saturated rings. The van der Waals surface area contributed by atoms with Crippen molar-refractivity contribution >= 4 is 5.91 Å². The summed E-state index contributed by atoms with van der Waals surface area (Å²) in [6.07, 6.45) is 8.44. The molecule has 4 atom stereocenters. The summed E-state index contributed by atoms with van der Waals surface area (Å²) < 4.78 is 0. The molecule has 0 saturated carbocycles. The molecule has 0 N–H and O–H groups in total. The maximum absolute atomic E-state index is 12.8. The van der Waals surface area contributed by atoms with Crippen molar-refractivity contribution in [2.24, 2.45) is 11.8 Å². The molecule has 4 aliphatic heterocycles. The minimum Gasteiger partial charge on any atom is -0.340 e. The normalized spacial score (nSPS) is 32.0. The SMILES string of the molecule is CN1CCN(C(=O)CCC[C@@H]2[C@H]3CCCN4CCC[C@@H](CN2Cc2ccccc2)[C@@H]34)CC1. The van der Waals surface area contributed by atoms with Crippen LogP contribution in [0.4, 0.5) is 0 Å². The van der Waals surface area contributed by atoms with E-state index in [0.717, 1.165) is 63.4 Å². The number of hydrogen-bond donors (Lipinski definition) is 0. The Hall–Kier alpha value is -1.43. The average Bonchev–Trinajstić information content (AvgIpc) is 2.82. The van der Waals surface area contributed by atoms with Gasteiger partial charge in [0.1, 0.15) is 0 Å². The summed E-state index contributed by atoms with van der Waals surface area (Å²) in [5, 5.41) is 0. The fourth-order valence-electron chi connectivity index (χ4n) is 7.16. The van der Waals surface area contributed by atoms with Crippen LogP contribution in [0.25, 0.3) is 0 Å². The third-order valence-corrected chi connectivity index (χ3v) is 8.75. The molecular formula is C27H42N4O. The number of likely N-dealkylation sites (N-methyl/N-ethyl adjacent to an activating group) is 1. The Morgan fingerprint density at radius 1 is 0.969 bits per heavy atom. The molecule has 5 nitrogen and oxygen atoms in total. The van der Waals surface area contributed by atoms with Gasteiger partial charge in [-0.2, -0.15) is 0 Å². The van der Waals surface area contributed by atoms with Gasteiger partial charge < -0.3 is 9.80 Å². The molecule has 0 aromatic heterocycles. The van der Waals surface area contributed by atoms with E-state index in [1.165, 1.54) is 57.3 Å². The van der Waals surface area contributed by atoms with E-state index in [1.807, 2.05) is 0 Å². The predicted octanol–water partition coefficient (Wildman–Crippen LogP) is 3.31. The third kappa shape index (κ3) is 4.90. The summed E-state index contributed by atoms with van der Waals surface area (Å²) in [5.41, 5.74) is 1.44. The summed E-state index contributed by atoms with van der Waals surface area (Å²) in [4.78, 5) is 22.9. The van der Waals surface area contributed by atoms with E-state index in [9.17, 15) is 4.79 Å². The van der Waals surface area contributed by atoms with Crippen molar-refractivity contribution < 1.29 is 4.79 Å². The first-order valence-electron chi connectivity index (χ1n) is 13.2. The van der Waals surface area contributed by atoms with Gasteiger partial charge in [0.25, 0.3) is 0 Å². The fourth-order valence-corrected chi connectivity index (χ4v) is 7.16. The highest BCUT2D eigenvalue weighted by Gasteiger charge is 2.48. The summed E-state index contributed by atoms with van der Waals surface area (Å²) in [6, 6.07) is 12.5. The number of nitrogens with zero attached hydrogens (tertiary/aromatic N) is 4. The monoisotopic (exact) mass is 438 g/mol. The molecule has 0 aliphatic carbocycles. The van der Waals surface area contributed by atoms with Crippen molar-refractivity contribution in [1.82, 2.24) is 19.6 Å². The van der Waals surface area contributed by atoms with E-state index in [2.05, 4.69) is 57.0 Å². The Labute approximate surface area is 194 Å². The van der Waals surface area contributed by atoms with Gasteiger partial charge >= 0.3 is 0 Å². The van der Waals surface area contributed by atoms with E-state index in [1.54, 1.807) is 0 Å². The standard InChI is InChI=1S/C27H42N4O/c1-28-16-18-29(19-17-28)26(32)13-5-12-25-24-11-7-15-30-14-6-10-23(27(24)30)21-31(25)20-22-8-3-2-4-9-22/h2-4,8-9,23-25,27H,5-7,10-21H2,1H3/t23-,24+,25+,27-/m0/s1. The minimum atomic E-state index is 0.379. The van der Waals surface area contributed by atoms with Crippen molar-refractivity contribution in [1.29, 1.82) is 0 Å². The van der Waals surface area contributed by atoms with Crippen LogP contribution in [0.2, 0.25) is 0 Å². The van der Waals surface area contributed by atoms with Crippen LogP contribution in [0.15, 0.2) is 30.3 Å². The second kappa shape index (κ2) is 10.2. The quantitative estimate of drug-likeness (QED) is 0.682. The Bertz CT molecular complexity index is 745. The molecule has 176 valence electrons. The summed E-state index contributed by atoms with van der Waals surface area (Å²) in [6.45, 7) is 8.76. The second-order valence-electron chi connectivity index (χ2n) is 10.8. The summed E-state index contributed by atoms with van der Waals surface area (Å²) >= 11 is 0. The zero-order chi connectivity index (χ0) is 21.9. The van der Waals surface area contributed by atoms with Gasteiger partial charge in [-0.3, -0.25) is 14.6 Å². The first-order chi connectivity index (χ1) is 15.7. The molecule has 0 unspecified atom stereocenters. The number of carbonyl (C=O) groups excluding carboxylic acids is 1. The molecule has 1 aromatic carbocycles. The molecule has 5 rings (SSSR count). The number of benzene rings is 1. The van der Waals surface area contributed by atoms with Crippen molar-refractivity contribution in [3.8, 4) is 0 Å². The number of likely N-dealkylation sites (tertiary alicyclic amines) is 1. The number of hydrogen-bond acceptors (Lipinski definition) is 4. The van der Waals surface area contributed by atoms with E-state index >= 15 is 0 Å². The van der Waals surface area contributed by atoms with Crippen LogP contribution in [0.1, 0.15) is 50.5 Å². The van der Waals surface area contributed by atoms with Gasteiger partial charge in [0.05, 0.1) is 0 Å². The van der Waals surface area contributed by atoms with Crippen molar-refractivity contribution in [2.45, 2.75) is 63.6 Å². The Kier molecular flexibility index (Phi) is 7.15. The van der Waals surface area contributed by atoms with Crippen LogP contribution < -0.4 is 0 Å². The number of piperazine rings is 1. The van der Waals surface area contributed by atoms with E-state index in [-0.39, 0.29) is 0 Å². The van der Waals surface area contributed by atoms with Crippen LogP contribution in [0, 0.1) is 11.8 Å². The highest BCUT2D eigenvalue weighted by molar-refractivity contribution is 5.76. The number of piperidine rings is 3. The van der Waals surface area contributed by atoms with Gasteiger partial charge in [-0.15, -0.1) is 0 Å². The topological polar surface area (TPSA) is 30.0 Å². The maximum Gasteiger partial charge on any atom is 0.222 e. The third-order valence-electron chi connectivity index (χ3n) is 8.75. The van der Waals surface area contributed by atoms with Gasteiger partial charge in [-0.25, -0.2) is 0 Å². The fraction of sp³-hybridized carbons (Fsp3) is 0.741.